The van der Waals surface area contributed by atoms with Crippen LogP contribution in [0.2, 0.25) is 0 Å². The summed E-state index contributed by atoms with van der Waals surface area (Å²) in [6, 6.07) is 0. The zero-order chi connectivity index (χ0) is 20.7. The van der Waals surface area contributed by atoms with Crippen LogP contribution >= 0.6 is 0 Å². The van der Waals surface area contributed by atoms with Gasteiger partial charge in [-0.05, 0) is 70.3 Å². The van der Waals surface area contributed by atoms with Gasteiger partial charge in [-0.3, -0.25) is 9.59 Å². The first-order chi connectivity index (χ1) is 13.1. The molecule has 1 N–H and O–H groups in total. The number of ketones is 1. The van der Waals surface area contributed by atoms with Crippen molar-refractivity contribution in [1.82, 2.24) is 0 Å². The molecule has 2 fully saturated rings. The van der Waals surface area contributed by atoms with Gasteiger partial charge in [0, 0.05) is 12.3 Å². The number of aldehydes is 1. The first kappa shape index (κ1) is 21.0. The van der Waals surface area contributed by atoms with Crippen molar-refractivity contribution in [3.63, 3.8) is 0 Å². The number of hydrogen-bond donors (Lipinski definition) is 1. The lowest BCUT2D eigenvalue weighted by Gasteiger charge is -2.41. The normalized spacial score (nSPS) is 41.6. The second kappa shape index (κ2) is 7.59. The van der Waals surface area contributed by atoms with Gasteiger partial charge in [0.05, 0.1) is 11.5 Å². The largest absolute Gasteiger partial charge is 0.389 e. The zero-order valence-electron chi connectivity index (χ0n) is 17.9. The molecule has 0 unspecified atom stereocenters. The summed E-state index contributed by atoms with van der Waals surface area (Å²) in [6.07, 6.45) is 13.1. The fourth-order valence-electron chi connectivity index (χ4n) is 5.76. The first-order valence-corrected chi connectivity index (χ1v) is 10.5. The number of carbonyl (C=O) groups is 2. The molecule has 0 bridgehead atoms. The van der Waals surface area contributed by atoms with Gasteiger partial charge in [0.1, 0.15) is 12.1 Å². The summed E-state index contributed by atoms with van der Waals surface area (Å²) in [5, 5.41) is 11.0. The van der Waals surface area contributed by atoms with Gasteiger partial charge in [-0.25, -0.2) is 0 Å². The van der Waals surface area contributed by atoms with E-state index in [4.69, 9.17) is 0 Å². The van der Waals surface area contributed by atoms with Gasteiger partial charge in [0.25, 0.3) is 0 Å². The number of aliphatic hydroxyl groups is 1. The monoisotopic (exact) mass is 382 g/mol. The Bertz CT molecular complexity index is 789. The molecule has 3 rings (SSSR count). The van der Waals surface area contributed by atoms with Crippen molar-refractivity contribution in [3.05, 3.63) is 46.6 Å². The van der Waals surface area contributed by atoms with Gasteiger partial charge in [-0.1, -0.05) is 47.9 Å². The number of rotatable bonds is 3. The topological polar surface area (TPSA) is 54.4 Å². The van der Waals surface area contributed by atoms with Crippen LogP contribution in [0.5, 0.6) is 0 Å². The Kier molecular flexibility index (Phi) is 5.69. The van der Waals surface area contributed by atoms with E-state index in [2.05, 4.69) is 45.9 Å². The van der Waals surface area contributed by atoms with Gasteiger partial charge in [-0.2, -0.15) is 0 Å². The molecule has 0 aliphatic heterocycles. The third kappa shape index (κ3) is 3.74. The molecule has 152 valence electrons. The van der Waals surface area contributed by atoms with E-state index < -0.39 is 11.5 Å². The van der Waals surface area contributed by atoms with Gasteiger partial charge < -0.3 is 5.11 Å². The molecule has 5 atom stereocenters. The Morgan fingerprint density at radius 1 is 1.25 bits per heavy atom. The van der Waals surface area contributed by atoms with Gasteiger partial charge in [0.2, 0.25) is 0 Å². The van der Waals surface area contributed by atoms with E-state index >= 15 is 0 Å². The number of hydrogen-bond acceptors (Lipinski definition) is 3. The lowest BCUT2D eigenvalue weighted by Crippen LogP contribution is -2.39. The highest BCUT2D eigenvalue weighted by molar-refractivity contribution is 5.94. The van der Waals surface area contributed by atoms with Crippen LogP contribution in [0, 0.1) is 23.2 Å². The molecule has 3 heteroatoms. The second-order valence-corrected chi connectivity index (χ2v) is 9.86. The molecule has 3 aliphatic carbocycles. The molecule has 0 aromatic rings. The highest BCUT2D eigenvalue weighted by Gasteiger charge is 2.55. The van der Waals surface area contributed by atoms with E-state index in [1.54, 1.807) is 6.92 Å². The van der Waals surface area contributed by atoms with E-state index in [1.807, 2.05) is 6.08 Å². The number of carbonyl (C=O) groups excluding carboxylic acids is 2. The minimum absolute atomic E-state index is 0.0185. The number of Topliss-reactive ketones (excluding diaryl/α,β-unsaturated/α-hetero) is 1. The maximum atomic E-state index is 12.6. The third-order valence-corrected chi connectivity index (χ3v) is 7.36. The summed E-state index contributed by atoms with van der Waals surface area (Å²) in [5.74, 6) is -0.238. The summed E-state index contributed by atoms with van der Waals surface area (Å²) in [4.78, 5) is 24.4. The van der Waals surface area contributed by atoms with E-state index in [1.165, 1.54) is 16.7 Å². The molecule has 0 heterocycles. The predicted octanol–water partition coefficient (Wildman–Crippen LogP) is 5.12. The van der Waals surface area contributed by atoms with Crippen molar-refractivity contribution in [2.45, 2.75) is 72.3 Å². The standard InChI is InChI=1S/C25H34O3/c1-16(2)7-6-8-17(3)19-11-12-24(4)13-21-23(22(27)14-25(21,5)28)18(15-26)9-10-20(19)24/h6-9,15,20-21,23,28H,10-14H2,1-5H3/b8-6+,18-9-,19-17+/t20-,21-,23-,24+,25+/m0/s1. The first-order valence-electron chi connectivity index (χ1n) is 10.5. The molecule has 28 heavy (non-hydrogen) atoms. The molecular weight excluding hydrogens is 348 g/mol. The van der Waals surface area contributed by atoms with Crippen LogP contribution in [0.25, 0.3) is 0 Å². The predicted molar refractivity (Wildman–Crippen MR) is 113 cm³/mol. The molecule has 3 nitrogen and oxygen atoms in total. The summed E-state index contributed by atoms with van der Waals surface area (Å²) in [5.41, 5.74) is 3.64. The minimum Gasteiger partial charge on any atom is -0.389 e. The number of allylic oxidation sites excluding steroid dienone is 8. The molecule has 0 radical (unpaired) electrons. The maximum Gasteiger partial charge on any atom is 0.146 e. The van der Waals surface area contributed by atoms with E-state index in [0.29, 0.717) is 11.5 Å². The van der Waals surface area contributed by atoms with E-state index in [9.17, 15) is 14.7 Å². The van der Waals surface area contributed by atoms with Crippen molar-refractivity contribution in [1.29, 1.82) is 0 Å². The summed E-state index contributed by atoms with van der Waals surface area (Å²) in [7, 11) is 0. The van der Waals surface area contributed by atoms with Crippen LogP contribution < -0.4 is 0 Å². The fraction of sp³-hybridized carbons (Fsp3) is 0.600. The van der Waals surface area contributed by atoms with Crippen LogP contribution in [0.3, 0.4) is 0 Å². The average molecular weight is 383 g/mol. The van der Waals surface area contributed by atoms with Crippen molar-refractivity contribution in [3.8, 4) is 0 Å². The molecule has 2 saturated carbocycles. The minimum atomic E-state index is -1.03. The quantitative estimate of drug-likeness (QED) is 0.545. The fourth-order valence-corrected chi connectivity index (χ4v) is 5.76. The lowest BCUT2D eigenvalue weighted by molar-refractivity contribution is -0.121. The van der Waals surface area contributed by atoms with E-state index in [0.717, 1.165) is 32.0 Å². The van der Waals surface area contributed by atoms with Crippen molar-refractivity contribution >= 4 is 12.1 Å². The Morgan fingerprint density at radius 2 is 1.96 bits per heavy atom. The SMILES string of the molecule is CC(C)=C/C=C/C(C)=C1\CC[C@]2(C)C[C@H]3[C@@H](C(=O)C[C@@]3(C)O)/C(C=O)=C\C[C@@H]12. The smallest absolute Gasteiger partial charge is 0.146 e. The summed E-state index contributed by atoms with van der Waals surface area (Å²) >= 11 is 0. The molecule has 3 aliphatic rings. The second-order valence-electron chi connectivity index (χ2n) is 9.86. The van der Waals surface area contributed by atoms with Crippen LogP contribution in [0.15, 0.2) is 46.6 Å². The highest BCUT2D eigenvalue weighted by atomic mass is 16.3. The van der Waals surface area contributed by atoms with Crippen LogP contribution in [-0.2, 0) is 9.59 Å². The summed E-state index contributed by atoms with van der Waals surface area (Å²) < 4.78 is 0. The van der Waals surface area contributed by atoms with Crippen molar-refractivity contribution in [2.24, 2.45) is 23.2 Å². The Morgan fingerprint density at radius 3 is 2.61 bits per heavy atom. The lowest BCUT2D eigenvalue weighted by atomic mass is 9.64. The molecule has 0 amide bonds. The van der Waals surface area contributed by atoms with Crippen molar-refractivity contribution in [2.75, 3.05) is 0 Å². The molecular formula is C25H34O3. The Hall–Kier alpha value is -1.74. The van der Waals surface area contributed by atoms with Crippen LogP contribution in [0.1, 0.15) is 66.7 Å². The highest BCUT2D eigenvalue weighted by Crippen LogP contribution is 2.58. The average Bonchev–Trinajstić information content (AvgIpc) is 3.01. The molecule has 0 aromatic heterocycles. The zero-order valence-corrected chi connectivity index (χ0v) is 17.9. The van der Waals surface area contributed by atoms with Gasteiger partial charge in [0.15, 0.2) is 0 Å². The van der Waals surface area contributed by atoms with Crippen LogP contribution in [-0.4, -0.2) is 22.8 Å². The molecule has 0 spiro atoms. The summed E-state index contributed by atoms with van der Waals surface area (Å²) in [6.45, 7) is 10.4. The Labute approximate surface area is 169 Å². The maximum absolute atomic E-state index is 12.6. The van der Waals surface area contributed by atoms with Crippen LogP contribution in [0.4, 0.5) is 0 Å². The van der Waals surface area contributed by atoms with Crippen molar-refractivity contribution < 1.29 is 14.7 Å². The van der Waals surface area contributed by atoms with Gasteiger partial charge in [-0.15, -0.1) is 0 Å². The molecule has 0 saturated heterocycles. The van der Waals surface area contributed by atoms with E-state index in [-0.39, 0.29) is 23.5 Å². The molecule has 0 aromatic carbocycles. The van der Waals surface area contributed by atoms with Gasteiger partial charge >= 0.3 is 0 Å². The Balaban J connectivity index is 2.01. The number of fused-ring (bicyclic) bond motifs is 2. The third-order valence-electron chi connectivity index (χ3n) is 7.36.